The lowest BCUT2D eigenvalue weighted by molar-refractivity contribution is 0.236. The predicted molar refractivity (Wildman–Crippen MR) is 92.7 cm³/mol. The Kier molecular flexibility index (Phi) is 5.87. The summed E-state index contributed by atoms with van der Waals surface area (Å²) < 4.78 is 0. The van der Waals surface area contributed by atoms with Gasteiger partial charge in [-0.25, -0.2) is 0 Å². The summed E-state index contributed by atoms with van der Waals surface area (Å²) >= 11 is 0. The molecule has 1 heteroatoms. The average Bonchev–Trinajstić information content (AvgIpc) is 2.47. The Hall–Kier alpha value is -0.820. The van der Waals surface area contributed by atoms with Crippen LogP contribution < -0.4 is 5.32 Å². The first-order valence-corrected chi connectivity index (χ1v) is 8.78. The van der Waals surface area contributed by atoms with Gasteiger partial charge < -0.3 is 5.32 Å². The van der Waals surface area contributed by atoms with E-state index < -0.39 is 0 Å². The van der Waals surface area contributed by atoms with E-state index in [2.05, 4.69) is 63.3 Å². The first kappa shape index (κ1) is 16.5. The Morgan fingerprint density at radius 3 is 2.48 bits per heavy atom. The highest BCUT2D eigenvalue weighted by Gasteiger charge is 2.25. The molecule has 0 aromatic heterocycles. The lowest BCUT2D eigenvalue weighted by atomic mass is 9.78. The van der Waals surface area contributed by atoms with E-state index in [0.29, 0.717) is 6.04 Å². The Morgan fingerprint density at radius 1 is 1.14 bits per heavy atom. The molecule has 3 atom stereocenters. The molecule has 1 nitrogen and oxygen atoms in total. The lowest BCUT2D eigenvalue weighted by Crippen LogP contribution is -2.38. The van der Waals surface area contributed by atoms with Crippen LogP contribution in [0.5, 0.6) is 0 Å². The molecule has 0 saturated heterocycles. The fourth-order valence-electron chi connectivity index (χ4n) is 3.89. The number of rotatable bonds is 6. The topological polar surface area (TPSA) is 12.0 Å². The summed E-state index contributed by atoms with van der Waals surface area (Å²) in [6.07, 6.45) is 6.91. The molecule has 118 valence electrons. The van der Waals surface area contributed by atoms with Crippen molar-refractivity contribution in [2.24, 2.45) is 11.8 Å². The summed E-state index contributed by atoms with van der Waals surface area (Å²) in [6.45, 7) is 10.7. The van der Waals surface area contributed by atoms with Crippen LogP contribution in [-0.4, -0.2) is 12.6 Å². The van der Waals surface area contributed by atoms with Gasteiger partial charge in [-0.1, -0.05) is 70.4 Å². The monoisotopic (exact) mass is 287 g/mol. The minimum Gasteiger partial charge on any atom is -0.314 e. The third kappa shape index (κ3) is 4.85. The summed E-state index contributed by atoms with van der Waals surface area (Å²) in [7, 11) is 0. The van der Waals surface area contributed by atoms with E-state index in [0.717, 1.165) is 11.8 Å². The Bertz CT molecular complexity index is 409. The quantitative estimate of drug-likeness (QED) is 0.762. The highest BCUT2D eigenvalue weighted by atomic mass is 14.9. The molecule has 1 fully saturated rings. The summed E-state index contributed by atoms with van der Waals surface area (Å²) in [5.74, 6) is 1.79. The van der Waals surface area contributed by atoms with Crippen molar-refractivity contribution in [3.63, 3.8) is 0 Å². The molecular formula is C20H33N. The molecule has 21 heavy (non-hydrogen) atoms. The number of hydrogen-bond donors (Lipinski definition) is 1. The first-order valence-electron chi connectivity index (χ1n) is 8.78. The highest BCUT2D eigenvalue weighted by Crippen LogP contribution is 2.30. The van der Waals surface area contributed by atoms with Crippen LogP contribution in [0.4, 0.5) is 0 Å². The highest BCUT2D eigenvalue weighted by molar-refractivity contribution is 5.23. The molecular weight excluding hydrogens is 254 g/mol. The molecule has 1 aromatic rings. The van der Waals surface area contributed by atoms with Crippen LogP contribution in [0.2, 0.25) is 0 Å². The Balaban J connectivity index is 1.82. The van der Waals surface area contributed by atoms with Gasteiger partial charge in [0.2, 0.25) is 0 Å². The van der Waals surface area contributed by atoms with Gasteiger partial charge in [-0.15, -0.1) is 0 Å². The standard InChI is InChI=1S/C20H33N/c1-16-10-8-9-11-18(16)15-21-17(2)14-20(3,4)19-12-6-5-7-13-19/h5-7,12-13,16-18,21H,8-11,14-15H2,1-4H3. The molecule has 1 saturated carbocycles. The number of nitrogens with one attached hydrogen (secondary N) is 1. The largest absolute Gasteiger partial charge is 0.314 e. The fourth-order valence-corrected chi connectivity index (χ4v) is 3.89. The number of benzene rings is 1. The summed E-state index contributed by atoms with van der Waals surface area (Å²) in [5, 5.41) is 3.81. The van der Waals surface area contributed by atoms with E-state index in [1.165, 1.54) is 44.2 Å². The van der Waals surface area contributed by atoms with E-state index >= 15 is 0 Å². The summed E-state index contributed by atoms with van der Waals surface area (Å²) in [4.78, 5) is 0. The average molecular weight is 287 g/mol. The van der Waals surface area contributed by atoms with Crippen LogP contribution in [0.25, 0.3) is 0 Å². The summed E-state index contributed by atoms with van der Waals surface area (Å²) in [6, 6.07) is 11.5. The SMILES string of the molecule is CC(CC(C)(C)c1ccccc1)NCC1CCCCC1C. The van der Waals surface area contributed by atoms with Gasteiger partial charge in [0, 0.05) is 6.04 Å². The fraction of sp³-hybridized carbons (Fsp3) is 0.700. The lowest BCUT2D eigenvalue weighted by Gasteiger charge is -2.33. The van der Waals surface area contributed by atoms with Gasteiger partial charge in [0.25, 0.3) is 0 Å². The number of hydrogen-bond acceptors (Lipinski definition) is 1. The minimum atomic E-state index is 0.242. The molecule has 1 aliphatic carbocycles. The summed E-state index contributed by atoms with van der Waals surface area (Å²) in [5.41, 5.74) is 1.69. The molecule has 3 unspecified atom stereocenters. The van der Waals surface area contributed by atoms with Gasteiger partial charge in [-0.05, 0) is 49.1 Å². The second-order valence-electron chi connectivity index (χ2n) is 7.79. The van der Waals surface area contributed by atoms with Crippen LogP contribution >= 0.6 is 0 Å². The molecule has 0 radical (unpaired) electrons. The van der Waals surface area contributed by atoms with Gasteiger partial charge >= 0.3 is 0 Å². The van der Waals surface area contributed by atoms with Crippen molar-refractivity contribution in [2.45, 2.75) is 71.3 Å². The molecule has 1 N–H and O–H groups in total. The Labute approximate surface area is 131 Å². The third-order valence-corrected chi connectivity index (χ3v) is 5.39. The van der Waals surface area contributed by atoms with Crippen molar-refractivity contribution in [1.29, 1.82) is 0 Å². The van der Waals surface area contributed by atoms with Crippen molar-refractivity contribution in [3.8, 4) is 0 Å². The van der Waals surface area contributed by atoms with E-state index in [1.807, 2.05) is 0 Å². The van der Waals surface area contributed by atoms with Crippen LogP contribution in [0, 0.1) is 11.8 Å². The molecule has 0 bridgehead atoms. The second-order valence-corrected chi connectivity index (χ2v) is 7.79. The van der Waals surface area contributed by atoms with Crippen LogP contribution in [0.15, 0.2) is 30.3 Å². The maximum atomic E-state index is 3.81. The first-order chi connectivity index (χ1) is 9.99. The predicted octanol–water partition coefficient (Wildman–Crippen LogP) is 5.16. The zero-order valence-electron chi connectivity index (χ0n) is 14.4. The van der Waals surface area contributed by atoms with Crippen molar-refractivity contribution in [2.75, 3.05) is 6.54 Å². The minimum absolute atomic E-state index is 0.242. The van der Waals surface area contributed by atoms with Crippen molar-refractivity contribution >= 4 is 0 Å². The van der Waals surface area contributed by atoms with Crippen molar-refractivity contribution in [3.05, 3.63) is 35.9 Å². The van der Waals surface area contributed by atoms with Gasteiger partial charge in [0.1, 0.15) is 0 Å². The molecule has 0 amide bonds. The third-order valence-electron chi connectivity index (χ3n) is 5.39. The van der Waals surface area contributed by atoms with E-state index in [1.54, 1.807) is 0 Å². The van der Waals surface area contributed by atoms with Crippen LogP contribution in [0.3, 0.4) is 0 Å². The smallest absolute Gasteiger partial charge is 0.00471 e. The van der Waals surface area contributed by atoms with Gasteiger partial charge in [0.05, 0.1) is 0 Å². The van der Waals surface area contributed by atoms with E-state index in [-0.39, 0.29) is 5.41 Å². The van der Waals surface area contributed by atoms with Gasteiger partial charge in [-0.3, -0.25) is 0 Å². The molecule has 1 aliphatic rings. The van der Waals surface area contributed by atoms with E-state index in [4.69, 9.17) is 0 Å². The zero-order chi connectivity index (χ0) is 15.3. The maximum absolute atomic E-state index is 3.81. The second kappa shape index (κ2) is 7.45. The Morgan fingerprint density at radius 2 is 1.81 bits per heavy atom. The normalized spacial score (nSPS) is 24.8. The van der Waals surface area contributed by atoms with Crippen molar-refractivity contribution in [1.82, 2.24) is 5.32 Å². The molecule has 1 aromatic carbocycles. The zero-order valence-corrected chi connectivity index (χ0v) is 14.4. The van der Waals surface area contributed by atoms with E-state index in [9.17, 15) is 0 Å². The molecule has 2 rings (SSSR count). The molecule has 0 aliphatic heterocycles. The molecule has 0 heterocycles. The van der Waals surface area contributed by atoms with Crippen LogP contribution in [-0.2, 0) is 5.41 Å². The van der Waals surface area contributed by atoms with Crippen molar-refractivity contribution < 1.29 is 0 Å². The van der Waals surface area contributed by atoms with Crippen LogP contribution in [0.1, 0.15) is 65.4 Å². The molecule has 0 spiro atoms. The van der Waals surface area contributed by atoms with Gasteiger partial charge in [-0.2, -0.15) is 0 Å². The van der Waals surface area contributed by atoms with Gasteiger partial charge in [0.15, 0.2) is 0 Å². The maximum Gasteiger partial charge on any atom is 0.00471 e.